The monoisotopic (exact) mass is 670 g/mol. The zero-order valence-electron chi connectivity index (χ0n) is 39.3. The Kier molecular flexibility index (Phi) is 3.73. The second kappa shape index (κ2) is 10.2. The minimum atomic E-state index is -1.48. The summed E-state index contributed by atoms with van der Waals surface area (Å²) in [6.45, 7) is 0. The van der Waals surface area contributed by atoms with Gasteiger partial charge in [-0.25, -0.2) is 0 Å². The van der Waals surface area contributed by atoms with Crippen molar-refractivity contribution >= 4 is 21.5 Å². The van der Waals surface area contributed by atoms with Gasteiger partial charge in [-0.15, -0.1) is 0 Å². The Bertz CT molecular complexity index is 3660. The van der Waals surface area contributed by atoms with E-state index < -0.39 is 35.6 Å². The lowest BCUT2D eigenvalue weighted by Crippen LogP contribution is -2.31. The maximum Gasteiger partial charge on any atom is 0.135 e. The molecule has 12 rings (SSSR count). The molecule has 9 aromatic carbocycles. The molecule has 0 amide bonds. The van der Waals surface area contributed by atoms with Crippen molar-refractivity contribution in [1.82, 2.24) is 0 Å². The minimum absolute atomic E-state index is 0.0623. The van der Waals surface area contributed by atoms with E-state index in [1.165, 1.54) is 0 Å². The van der Waals surface area contributed by atoms with Gasteiger partial charge < -0.3 is 4.74 Å². The van der Waals surface area contributed by atoms with Crippen LogP contribution in [0.4, 0.5) is 0 Å². The maximum absolute atomic E-state index is 10.4. The molecule has 0 N–H and O–H groups in total. The lowest BCUT2D eigenvalue weighted by Gasteiger charge is -2.40. The highest BCUT2D eigenvalue weighted by Crippen LogP contribution is 2.62. The van der Waals surface area contributed by atoms with E-state index in [4.69, 9.17) is 14.3 Å². The largest absolute Gasteiger partial charge is 0.456 e. The van der Waals surface area contributed by atoms with E-state index in [-0.39, 0.29) is 70.1 Å². The quantitative estimate of drug-likeness (QED) is 0.178. The van der Waals surface area contributed by atoms with Crippen LogP contribution in [0.15, 0.2) is 182 Å². The first-order valence-electron chi connectivity index (χ1n) is 23.1. The SMILES string of the molecule is [2H]c1c([2H])c([2H])c(-c2ccc3c4c(cccc24)-c2cc(-c4c([2H])c([2H])c5c(c4[2H])C4(c6ccccc6-c6cccc7cccc4c67)c4c([2H])c([2H])c([2H])c([2H])c4-5)ccc2O3)c([2H])c1[2H]. The molecule has 1 heterocycles. The Morgan fingerprint density at radius 2 is 1.13 bits per heavy atom. The molecule has 3 aliphatic rings. The minimum Gasteiger partial charge on any atom is -0.456 e. The highest BCUT2D eigenvalue weighted by atomic mass is 16.5. The third-order valence-electron chi connectivity index (χ3n) is 11.0. The van der Waals surface area contributed by atoms with Gasteiger partial charge in [-0.1, -0.05) is 157 Å². The van der Waals surface area contributed by atoms with Gasteiger partial charge in [0.15, 0.2) is 0 Å². The topological polar surface area (TPSA) is 9.23 Å². The van der Waals surface area contributed by atoms with Gasteiger partial charge in [-0.3, -0.25) is 0 Å². The molecule has 0 fully saturated rings. The van der Waals surface area contributed by atoms with Crippen LogP contribution in [0.2, 0.25) is 0 Å². The van der Waals surface area contributed by atoms with Gasteiger partial charge in [0.2, 0.25) is 0 Å². The maximum atomic E-state index is 10.4. The number of benzene rings is 9. The molecular formula is C51H30O. The van der Waals surface area contributed by atoms with Gasteiger partial charge in [-0.2, -0.15) is 0 Å². The van der Waals surface area contributed by atoms with E-state index in [0.717, 1.165) is 27.5 Å². The summed E-state index contributed by atoms with van der Waals surface area (Å²) < 4.78 is 115. The lowest BCUT2D eigenvalue weighted by atomic mass is 9.61. The molecular weight excluding hydrogens is 629 g/mol. The molecule has 1 heteroatoms. The fourth-order valence-electron chi connectivity index (χ4n) is 8.92. The average molecular weight is 671 g/mol. The van der Waals surface area contributed by atoms with Crippen molar-refractivity contribution in [3.05, 3.63) is 204 Å². The average Bonchev–Trinajstić information content (AvgIpc) is 3.63. The predicted molar refractivity (Wildman–Crippen MR) is 214 cm³/mol. The van der Waals surface area contributed by atoms with Gasteiger partial charge in [0.1, 0.15) is 11.5 Å². The van der Waals surface area contributed by atoms with Crippen LogP contribution in [0.5, 0.6) is 11.5 Å². The van der Waals surface area contributed by atoms with Crippen molar-refractivity contribution in [1.29, 1.82) is 0 Å². The van der Waals surface area contributed by atoms with Crippen LogP contribution in [0.25, 0.3) is 77.2 Å². The first-order valence-corrected chi connectivity index (χ1v) is 17.1. The Hall–Kier alpha value is -6.70. The van der Waals surface area contributed by atoms with Crippen LogP contribution >= 0.6 is 0 Å². The fourth-order valence-corrected chi connectivity index (χ4v) is 8.92. The molecule has 1 unspecified atom stereocenters. The molecule has 52 heavy (non-hydrogen) atoms. The van der Waals surface area contributed by atoms with Crippen LogP contribution in [0.1, 0.15) is 38.7 Å². The fraction of sp³-hybridized carbons (Fsp3) is 0.0196. The summed E-state index contributed by atoms with van der Waals surface area (Å²) in [7, 11) is 0. The predicted octanol–water partition coefficient (Wildman–Crippen LogP) is 13.4. The first-order chi connectivity index (χ1) is 30.8. The van der Waals surface area contributed by atoms with Crippen LogP contribution in [0.3, 0.4) is 0 Å². The molecule has 1 spiro atoms. The smallest absolute Gasteiger partial charge is 0.135 e. The summed E-state index contributed by atoms with van der Waals surface area (Å²) >= 11 is 0. The number of fused-ring (bicyclic) bond motifs is 11. The summed E-state index contributed by atoms with van der Waals surface area (Å²) in [5, 5.41) is 3.03. The molecule has 9 aromatic rings. The van der Waals surface area contributed by atoms with Crippen LogP contribution in [-0.4, -0.2) is 0 Å². The summed E-state index contributed by atoms with van der Waals surface area (Å²) in [4.78, 5) is 0. The van der Waals surface area contributed by atoms with Crippen molar-refractivity contribution in [2.45, 2.75) is 5.41 Å². The Morgan fingerprint density at radius 1 is 0.404 bits per heavy atom. The third kappa shape index (κ3) is 3.52. The molecule has 1 atom stereocenters. The van der Waals surface area contributed by atoms with Gasteiger partial charge in [0, 0.05) is 10.9 Å². The van der Waals surface area contributed by atoms with Crippen molar-refractivity contribution in [3.8, 4) is 67.1 Å². The second-order valence-corrected chi connectivity index (χ2v) is 13.4. The van der Waals surface area contributed by atoms with Crippen LogP contribution in [-0.2, 0) is 5.41 Å². The summed E-state index contributed by atoms with van der Waals surface area (Å²) in [5.74, 6) is 0.988. The van der Waals surface area contributed by atoms with Crippen LogP contribution < -0.4 is 4.74 Å². The number of rotatable bonds is 2. The normalized spacial score (nSPS) is 18.8. The van der Waals surface area contributed by atoms with Crippen molar-refractivity contribution < 1.29 is 21.2 Å². The summed E-state index contributed by atoms with van der Waals surface area (Å²) in [5.41, 5.74) is 4.92. The highest BCUT2D eigenvalue weighted by molar-refractivity contribution is 6.11. The van der Waals surface area contributed by atoms with Crippen molar-refractivity contribution in [2.75, 3.05) is 0 Å². The van der Waals surface area contributed by atoms with E-state index in [1.54, 1.807) is 24.3 Å². The second-order valence-electron chi connectivity index (χ2n) is 13.4. The zero-order valence-corrected chi connectivity index (χ0v) is 27.3. The van der Waals surface area contributed by atoms with Gasteiger partial charge in [0.25, 0.3) is 0 Å². The molecule has 1 aliphatic heterocycles. The molecule has 0 radical (unpaired) electrons. The molecule has 2 aliphatic carbocycles. The third-order valence-corrected chi connectivity index (χ3v) is 11.0. The van der Waals surface area contributed by atoms with Gasteiger partial charge >= 0.3 is 0 Å². The molecule has 0 aromatic heterocycles. The zero-order chi connectivity index (χ0) is 44.4. The molecule has 0 saturated carbocycles. The van der Waals surface area contributed by atoms with E-state index in [9.17, 15) is 6.85 Å². The van der Waals surface area contributed by atoms with E-state index in [1.807, 2.05) is 84.9 Å². The van der Waals surface area contributed by atoms with Gasteiger partial charge in [-0.05, 0) is 113 Å². The van der Waals surface area contributed by atoms with E-state index in [0.29, 0.717) is 55.7 Å². The molecule has 0 bridgehead atoms. The van der Waals surface area contributed by atoms with E-state index in [2.05, 4.69) is 0 Å². The Balaban J connectivity index is 1.16. The van der Waals surface area contributed by atoms with E-state index >= 15 is 0 Å². The summed E-state index contributed by atoms with van der Waals surface area (Å²) in [6, 6.07) is 29.7. The van der Waals surface area contributed by atoms with Gasteiger partial charge in [0.05, 0.1) is 21.9 Å². The van der Waals surface area contributed by atoms with Crippen LogP contribution in [0, 0.1) is 0 Å². The molecule has 1 nitrogen and oxygen atoms in total. The number of ether oxygens (including phenoxy) is 1. The highest BCUT2D eigenvalue weighted by Gasteiger charge is 2.50. The number of hydrogen-bond donors (Lipinski definition) is 0. The van der Waals surface area contributed by atoms with Crippen molar-refractivity contribution in [3.63, 3.8) is 0 Å². The standard InChI is InChI=1S/C51H30O/c1-2-11-31(12-3-1)35-26-28-48-50-39(35)18-10-19-41(50)42-29-33(24-27-47(42)52-48)34-23-25-38-36-15-4-6-20-43(36)51(46(38)30-34)44-21-7-5-16-37(44)40-17-8-13-32-14-9-22-45(51)49(32)40/h1-30H/i1D,2D,3D,4D,6D,11D,12D,15D,20D,23D,25D,30D. The summed E-state index contributed by atoms with van der Waals surface area (Å²) in [6.07, 6.45) is 0. The Labute approximate surface area is 318 Å². The lowest BCUT2D eigenvalue weighted by molar-refractivity contribution is 0.487. The molecule has 0 saturated heterocycles. The first kappa shape index (κ1) is 19.1. The number of hydrogen-bond acceptors (Lipinski definition) is 1. The van der Waals surface area contributed by atoms with Crippen molar-refractivity contribution in [2.24, 2.45) is 0 Å². The Morgan fingerprint density at radius 3 is 2.06 bits per heavy atom. The molecule has 240 valence electrons.